The van der Waals surface area contributed by atoms with E-state index in [0.29, 0.717) is 30.8 Å². The van der Waals surface area contributed by atoms with Crippen LogP contribution in [0.5, 0.6) is 0 Å². The van der Waals surface area contributed by atoms with E-state index < -0.39 is 0 Å². The summed E-state index contributed by atoms with van der Waals surface area (Å²) < 4.78 is 18.5. The van der Waals surface area contributed by atoms with Gasteiger partial charge >= 0.3 is 0 Å². The Morgan fingerprint density at radius 3 is 2.27 bits per heavy atom. The highest BCUT2D eigenvalue weighted by atomic mass is 32.1. The first-order valence-corrected chi connectivity index (χ1v) is 10.8. The van der Waals surface area contributed by atoms with E-state index in [2.05, 4.69) is 26.5 Å². The largest absolute Gasteiger partial charge is 0.378 e. The summed E-state index contributed by atoms with van der Waals surface area (Å²) in [6, 6.07) is 8.40. The van der Waals surface area contributed by atoms with Gasteiger partial charge in [0.15, 0.2) is 5.11 Å². The van der Waals surface area contributed by atoms with Crippen LogP contribution in [0.2, 0.25) is 0 Å². The molecule has 2 saturated heterocycles. The van der Waals surface area contributed by atoms with Gasteiger partial charge in [0.2, 0.25) is 5.95 Å². The molecule has 160 valence electrons. The normalized spacial score (nSPS) is 17.0. The van der Waals surface area contributed by atoms with E-state index in [1.54, 1.807) is 12.1 Å². The summed E-state index contributed by atoms with van der Waals surface area (Å²) in [4.78, 5) is 14.0. The zero-order chi connectivity index (χ0) is 20.8. The number of rotatable bonds is 5. The van der Waals surface area contributed by atoms with E-state index in [9.17, 15) is 4.39 Å². The van der Waals surface area contributed by atoms with Crippen LogP contribution in [0.15, 0.2) is 30.3 Å². The predicted molar refractivity (Wildman–Crippen MR) is 121 cm³/mol. The number of anilines is 3. The minimum atomic E-state index is -0.252. The van der Waals surface area contributed by atoms with Gasteiger partial charge in [-0.2, -0.15) is 9.97 Å². The number of halogens is 1. The van der Waals surface area contributed by atoms with Crippen LogP contribution < -0.4 is 20.4 Å². The summed E-state index contributed by atoms with van der Waals surface area (Å²) in [5, 5.41) is 6.69. The number of thiocarbonyl (C=S) groups is 1. The van der Waals surface area contributed by atoms with Gasteiger partial charge in [-0.05, 0) is 49.2 Å². The van der Waals surface area contributed by atoms with Crippen LogP contribution >= 0.6 is 12.2 Å². The highest BCUT2D eigenvalue weighted by Gasteiger charge is 2.19. The van der Waals surface area contributed by atoms with Crippen LogP contribution in [0.1, 0.15) is 24.8 Å². The Bertz CT molecular complexity index is 817. The van der Waals surface area contributed by atoms with Crippen LogP contribution in [0, 0.1) is 5.82 Å². The molecule has 0 aliphatic carbocycles. The van der Waals surface area contributed by atoms with Gasteiger partial charge in [0.1, 0.15) is 17.5 Å². The van der Waals surface area contributed by atoms with Crippen LogP contribution in [0.25, 0.3) is 0 Å². The third-order valence-electron chi connectivity index (χ3n) is 5.31. The van der Waals surface area contributed by atoms with Gasteiger partial charge in [-0.1, -0.05) is 12.1 Å². The molecule has 30 heavy (non-hydrogen) atoms. The molecule has 0 amide bonds. The number of nitrogens with one attached hydrogen (secondary N) is 2. The molecule has 2 aliphatic rings. The molecule has 0 unspecified atom stereocenters. The highest BCUT2D eigenvalue weighted by Crippen LogP contribution is 2.24. The molecule has 9 heteroatoms. The van der Waals surface area contributed by atoms with Gasteiger partial charge in [-0.15, -0.1) is 0 Å². The maximum absolute atomic E-state index is 13.1. The van der Waals surface area contributed by atoms with Crippen molar-refractivity contribution in [2.45, 2.75) is 25.8 Å². The Hall–Kier alpha value is -2.52. The standard InChI is InChI=1S/C21H27FN6OS/c22-17-6-4-16(5-7-17)15-23-21(30)26-20-24-18(27-8-2-1-3-9-27)14-19(25-20)28-10-12-29-13-11-28/h4-7,14H,1-3,8-13,15H2,(H2,23,24,25,26,30). The van der Waals surface area contributed by atoms with Crippen molar-refractivity contribution in [1.29, 1.82) is 0 Å². The minimum absolute atomic E-state index is 0.252. The molecule has 0 saturated carbocycles. The Labute approximate surface area is 181 Å². The second kappa shape index (κ2) is 9.99. The molecule has 3 heterocycles. The van der Waals surface area contributed by atoms with Crippen molar-refractivity contribution in [3.8, 4) is 0 Å². The Morgan fingerprint density at radius 2 is 1.60 bits per heavy atom. The zero-order valence-corrected chi connectivity index (χ0v) is 17.8. The second-order valence-corrected chi connectivity index (χ2v) is 7.90. The Balaban J connectivity index is 1.47. The number of morpholine rings is 1. The van der Waals surface area contributed by atoms with Crippen molar-refractivity contribution in [1.82, 2.24) is 15.3 Å². The maximum Gasteiger partial charge on any atom is 0.232 e. The molecule has 2 aromatic rings. The first-order chi connectivity index (χ1) is 14.7. The van der Waals surface area contributed by atoms with Crippen molar-refractivity contribution in [2.24, 2.45) is 0 Å². The van der Waals surface area contributed by atoms with E-state index >= 15 is 0 Å². The highest BCUT2D eigenvalue weighted by molar-refractivity contribution is 7.80. The van der Waals surface area contributed by atoms with Crippen LogP contribution in [0.4, 0.5) is 22.0 Å². The van der Waals surface area contributed by atoms with E-state index in [0.717, 1.165) is 43.4 Å². The van der Waals surface area contributed by atoms with Crippen LogP contribution in [-0.4, -0.2) is 54.5 Å². The molecule has 2 fully saturated rings. The monoisotopic (exact) mass is 430 g/mol. The number of aromatic nitrogens is 2. The summed E-state index contributed by atoms with van der Waals surface area (Å²) in [5.41, 5.74) is 0.942. The number of hydrogen-bond acceptors (Lipinski definition) is 6. The van der Waals surface area contributed by atoms with Gasteiger partial charge in [0.25, 0.3) is 0 Å². The summed E-state index contributed by atoms with van der Waals surface area (Å²) in [7, 11) is 0. The summed E-state index contributed by atoms with van der Waals surface area (Å²) in [5.74, 6) is 2.04. The molecule has 1 aromatic carbocycles. The third kappa shape index (κ3) is 5.54. The van der Waals surface area contributed by atoms with E-state index in [-0.39, 0.29) is 5.82 Å². The quantitative estimate of drug-likeness (QED) is 0.702. The zero-order valence-electron chi connectivity index (χ0n) is 16.9. The topological polar surface area (TPSA) is 65.6 Å². The Morgan fingerprint density at radius 1 is 0.967 bits per heavy atom. The van der Waals surface area contributed by atoms with Gasteiger partial charge in [-0.3, -0.25) is 0 Å². The fourth-order valence-corrected chi connectivity index (χ4v) is 3.81. The van der Waals surface area contributed by atoms with E-state index in [4.69, 9.17) is 26.9 Å². The van der Waals surface area contributed by atoms with E-state index in [1.165, 1.54) is 31.4 Å². The lowest BCUT2D eigenvalue weighted by Crippen LogP contribution is -2.38. The van der Waals surface area contributed by atoms with Crippen molar-refractivity contribution in [3.63, 3.8) is 0 Å². The van der Waals surface area contributed by atoms with Crippen LogP contribution in [-0.2, 0) is 11.3 Å². The lowest BCUT2D eigenvalue weighted by atomic mass is 10.1. The Kier molecular flexibility index (Phi) is 6.91. The molecule has 0 atom stereocenters. The van der Waals surface area contributed by atoms with Crippen molar-refractivity contribution < 1.29 is 9.13 Å². The molecule has 0 spiro atoms. The van der Waals surface area contributed by atoms with Crippen molar-refractivity contribution in [2.75, 3.05) is 54.5 Å². The molecular weight excluding hydrogens is 403 g/mol. The number of hydrogen-bond donors (Lipinski definition) is 2. The molecular formula is C21H27FN6OS. The molecule has 0 bridgehead atoms. The fraction of sp³-hybridized carbons (Fsp3) is 0.476. The average molecular weight is 431 g/mol. The van der Waals surface area contributed by atoms with Gasteiger partial charge in [0.05, 0.1) is 13.2 Å². The summed E-state index contributed by atoms with van der Waals surface area (Å²) in [6.45, 7) is 5.52. The van der Waals surface area contributed by atoms with Crippen LogP contribution in [0.3, 0.4) is 0 Å². The lowest BCUT2D eigenvalue weighted by Gasteiger charge is -2.31. The molecule has 1 aromatic heterocycles. The number of nitrogens with zero attached hydrogens (tertiary/aromatic N) is 4. The minimum Gasteiger partial charge on any atom is -0.378 e. The molecule has 0 radical (unpaired) electrons. The summed E-state index contributed by atoms with van der Waals surface area (Å²) >= 11 is 5.44. The fourth-order valence-electron chi connectivity index (χ4n) is 3.65. The SMILES string of the molecule is Fc1ccc(CNC(=S)Nc2nc(N3CCCCC3)cc(N3CCOCC3)n2)cc1. The molecule has 4 rings (SSSR count). The number of benzene rings is 1. The molecule has 2 N–H and O–H groups in total. The molecule has 7 nitrogen and oxygen atoms in total. The van der Waals surface area contributed by atoms with Gasteiger partial charge < -0.3 is 25.2 Å². The summed E-state index contributed by atoms with van der Waals surface area (Å²) in [6.07, 6.45) is 3.62. The van der Waals surface area contributed by atoms with E-state index in [1.807, 2.05) is 0 Å². The predicted octanol–water partition coefficient (Wildman–Crippen LogP) is 2.93. The molecule has 2 aliphatic heterocycles. The maximum atomic E-state index is 13.1. The third-order valence-corrected chi connectivity index (χ3v) is 5.55. The first-order valence-electron chi connectivity index (χ1n) is 10.4. The number of piperidine rings is 1. The van der Waals surface area contributed by atoms with Gasteiger partial charge in [-0.25, -0.2) is 4.39 Å². The van der Waals surface area contributed by atoms with Crippen molar-refractivity contribution >= 4 is 34.9 Å². The van der Waals surface area contributed by atoms with Crippen molar-refractivity contribution in [3.05, 3.63) is 41.7 Å². The lowest BCUT2D eigenvalue weighted by molar-refractivity contribution is 0.122. The average Bonchev–Trinajstić information content (AvgIpc) is 2.80. The van der Waals surface area contributed by atoms with Gasteiger partial charge in [0, 0.05) is 38.8 Å². The second-order valence-electron chi connectivity index (χ2n) is 7.49. The smallest absolute Gasteiger partial charge is 0.232 e. The number of ether oxygens (including phenoxy) is 1. The first kappa shape index (κ1) is 20.7.